The number of amides is 1. The maximum absolute atomic E-state index is 13.7. The number of alkyl halides is 3. The first-order chi connectivity index (χ1) is 11.7. The standard InChI is InChI=1S/C15H10F4N2O3S/c16-11-3-1-2-4-13(11)25-12-6-5-9(21(23)24)7-10(12)14(22)20-8-15(17,18)19/h1-7H,8H2,(H,20,22). The number of hydrogen-bond acceptors (Lipinski definition) is 4. The van der Waals surface area contributed by atoms with Crippen molar-refractivity contribution in [2.75, 3.05) is 6.54 Å². The van der Waals surface area contributed by atoms with E-state index in [1.165, 1.54) is 24.3 Å². The fourth-order valence-corrected chi connectivity index (χ4v) is 2.77. The first-order valence-electron chi connectivity index (χ1n) is 6.73. The summed E-state index contributed by atoms with van der Waals surface area (Å²) in [5.74, 6) is -1.73. The Bertz CT molecular complexity index is 812. The number of carbonyl (C=O) groups excluding carboxylic acids is 1. The predicted octanol–water partition coefficient (Wildman–Crippen LogP) is 4.18. The zero-order valence-electron chi connectivity index (χ0n) is 12.3. The predicted molar refractivity (Wildman–Crippen MR) is 82.0 cm³/mol. The van der Waals surface area contributed by atoms with Crippen molar-refractivity contribution in [1.82, 2.24) is 5.32 Å². The highest BCUT2D eigenvalue weighted by Crippen LogP contribution is 2.34. The summed E-state index contributed by atoms with van der Waals surface area (Å²) in [7, 11) is 0. The molecule has 0 radical (unpaired) electrons. The van der Waals surface area contributed by atoms with E-state index in [4.69, 9.17) is 0 Å². The number of non-ortho nitro benzene ring substituents is 1. The molecule has 1 N–H and O–H groups in total. The molecule has 2 aromatic rings. The minimum Gasteiger partial charge on any atom is -0.343 e. The second-order valence-electron chi connectivity index (χ2n) is 4.77. The van der Waals surface area contributed by atoms with Gasteiger partial charge in [-0.2, -0.15) is 13.2 Å². The topological polar surface area (TPSA) is 72.2 Å². The quantitative estimate of drug-likeness (QED) is 0.484. The first kappa shape index (κ1) is 18.7. The Balaban J connectivity index is 2.37. The summed E-state index contributed by atoms with van der Waals surface area (Å²) >= 11 is 0.783. The summed E-state index contributed by atoms with van der Waals surface area (Å²) in [5.41, 5.74) is -0.804. The van der Waals surface area contributed by atoms with Crippen LogP contribution in [0, 0.1) is 15.9 Å². The minimum atomic E-state index is -4.63. The molecule has 1 amide bonds. The monoisotopic (exact) mass is 374 g/mol. The van der Waals surface area contributed by atoms with Gasteiger partial charge >= 0.3 is 6.18 Å². The van der Waals surface area contributed by atoms with E-state index in [0.717, 1.165) is 23.9 Å². The molecular weight excluding hydrogens is 364 g/mol. The Morgan fingerprint density at radius 2 is 1.84 bits per heavy atom. The van der Waals surface area contributed by atoms with Crippen molar-refractivity contribution in [3.05, 3.63) is 64.0 Å². The van der Waals surface area contributed by atoms with Crippen LogP contribution in [0.5, 0.6) is 0 Å². The van der Waals surface area contributed by atoms with Crippen molar-refractivity contribution in [3.8, 4) is 0 Å². The minimum absolute atomic E-state index is 0.0929. The number of halogens is 4. The molecule has 0 bridgehead atoms. The number of nitro groups is 1. The Morgan fingerprint density at radius 1 is 1.16 bits per heavy atom. The Hall–Kier alpha value is -2.62. The average molecular weight is 374 g/mol. The van der Waals surface area contributed by atoms with Crippen molar-refractivity contribution >= 4 is 23.4 Å². The third-order valence-corrected chi connectivity index (χ3v) is 4.05. The fraction of sp³-hybridized carbons (Fsp3) is 0.133. The van der Waals surface area contributed by atoms with Gasteiger partial charge in [0.05, 0.1) is 10.5 Å². The van der Waals surface area contributed by atoms with E-state index in [0.29, 0.717) is 0 Å². The number of nitrogens with zero attached hydrogens (tertiary/aromatic N) is 1. The van der Waals surface area contributed by atoms with Crippen LogP contribution in [-0.2, 0) is 0 Å². The summed E-state index contributed by atoms with van der Waals surface area (Å²) in [5, 5.41) is 12.5. The van der Waals surface area contributed by atoms with E-state index in [1.54, 1.807) is 11.4 Å². The summed E-state index contributed by atoms with van der Waals surface area (Å²) in [4.78, 5) is 22.3. The smallest absolute Gasteiger partial charge is 0.343 e. The van der Waals surface area contributed by atoms with Gasteiger partial charge in [0.15, 0.2) is 0 Å². The first-order valence-corrected chi connectivity index (χ1v) is 7.55. The normalized spacial score (nSPS) is 11.2. The van der Waals surface area contributed by atoms with Crippen molar-refractivity contribution in [3.63, 3.8) is 0 Å². The molecule has 0 atom stereocenters. The highest BCUT2D eigenvalue weighted by Gasteiger charge is 2.29. The fourth-order valence-electron chi connectivity index (χ4n) is 1.82. The zero-order valence-corrected chi connectivity index (χ0v) is 13.2. The Labute approximate surface area is 143 Å². The third kappa shape index (κ3) is 5.18. The van der Waals surface area contributed by atoms with E-state index in [2.05, 4.69) is 0 Å². The largest absolute Gasteiger partial charge is 0.405 e. The number of nitro benzene ring substituents is 1. The molecule has 0 aliphatic carbocycles. The number of carbonyl (C=O) groups is 1. The lowest BCUT2D eigenvalue weighted by molar-refractivity contribution is -0.384. The second-order valence-corrected chi connectivity index (χ2v) is 5.85. The van der Waals surface area contributed by atoms with E-state index in [1.807, 2.05) is 0 Å². The van der Waals surface area contributed by atoms with E-state index < -0.39 is 35.1 Å². The van der Waals surface area contributed by atoms with Crippen LogP contribution in [0.25, 0.3) is 0 Å². The van der Waals surface area contributed by atoms with Gasteiger partial charge in [0.25, 0.3) is 11.6 Å². The molecule has 0 aliphatic rings. The Kier molecular flexibility index (Phi) is 5.62. The highest BCUT2D eigenvalue weighted by molar-refractivity contribution is 7.99. The molecule has 5 nitrogen and oxygen atoms in total. The molecule has 0 unspecified atom stereocenters. The maximum atomic E-state index is 13.7. The van der Waals surface area contributed by atoms with Crippen molar-refractivity contribution in [1.29, 1.82) is 0 Å². The van der Waals surface area contributed by atoms with Crippen LogP contribution in [0.1, 0.15) is 10.4 Å². The molecule has 0 heterocycles. The lowest BCUT2D eigenvalue weighted by Gasteiger charge is -2.12. The summed E-state index contributed by atoms with van der Waals surface area (Å²) in [6.45, 7) is -1.58. The van der Waals surface area contributed by atoms with Gasteiger partial charge in [0, 0.05) is 21.9 Å². The Morgan fingerprint density at radius 3 is 2.44 bits per heavy atom. The van der Waals surface area contributed by atoms with Gasteiger partial charge < -0.3 is 5.32 Å². The molecule has 0 spiro atoms. The van der Waals surface area contributed by atoms with Crippen LogP contribution < -0.4 is 5.32 Å². The van der Waals surface area contributed by atoms with Crippen LogP contribution in [0.4, 0.5) is 23.2 Å². The number of hydrogen-bond donors (Lipinski definition) is 1. The summed E-state index contributed by atoms with van der Waals surface area (Å²) in [6, 6.07) is 8.72. The van der Waals surface area contributed by atoms with Gasteiger partial charge in [-0.25, -0.2) is 4.39 Å². The van der Waals surface area contributed by atoms with Crippen molar-refractivity contribution in [2.24, 2.45) is 0 Å². The molecule has 10 heteroatoms. The summed E-state index contributed by atoms with van der Waals surface area (Å²) < 4.78 is 50.5. The molecule has 25 heavy (non-hydrogen) atoms. The van der Waals surface area contributed by atoms with Gasteiger partial charge in [-0.15, -0.1) is 0 Å². The number of nitrogens with one attached hydrogen (secondary N) is 1. The van der Waals surface area contributed by atoms with Crippen molar-refractivity contribution < 1.29 is 27.3 Å². The van der Waals surface area contributed by atoms with Crippen LogP contribution >= 0.6 is 11.8 Å². The van der Waals surface area contributed by atoms with Gasteiger partial charge in [-0.1, -0.05) is 23.9 Å². The summed E-state index contributed by atoms with van der Waals surface area (Å²) in [6.07, 6.45) is -4.63. The number of rotatable bonds is 5. The van der Waals surface area contributed by atoms with Gasteiger partial charge in [-0.05, 0) is 18.2 Å². The molecule has 132 valence electrons. The lowest BCUT2D eigenvalue weighted by atomic mass is 10.2. The molecule has 0 aliphatic heterocycles. The average Bonchev–Trinajstić information content (AvgIpc) is 2.54. The molecule has 0 saturated heterocycles. The molecule has 2 rings (SSSR count). The van der Waals surface area contributed by atoms with Gasteiger partial charge in [-0.3, -0.25) is 14.9 Å². The maximum Gasteiger partial charge on any atom is 0.405 e. The third-order valence-electron chi connectivity index (χ3n) is 2.92. The highest BCUT2D eigenvalue weighted by atomic mass is 32.2. The van der Waals surface area contributed by atoms with Crippen LogP contribution in [0.15, 0.2) is 52.3 Å². The van der Waals surface area contributed by atoms with E-state index in [-0.39, 0.29) is 15.4 Å². The zero-order chi connectivity index (χ0) is 18.6. The molecule has 0 fully saturated rings. The van der Waals surface area contributed by atoms with Gasteiger partial charge in [0.1, 0.15) is 12.4 Å². The number of benzene rings is 2. The van der Waals surface area contributed by atoms with Crippen LogP contribution in [-0.4, -0.2) is 23.6 Å². The van der Waals surface area contributed by atoms with Crippen molar-refractivity contribution in [2.45, 2.75) is 16.0 Å². The van der Waals surface area contributed by atoms with E-state index >= 15 is 0 Å². The van der Waals surface area contributed by atoms with Crippen LogP contribution in [0.2, 0.25) is 0 Å². The molecule has 0 saturated carbocycles. The SMILES string of the molecule is O=C(NCC(F)(F)F)c1cc([N+](=O)[O-])ccc1Sc1ccccc1F. The molecular formula is C15H10F4N2O3S. The van der Waals surface area contributed by atoms with E-state index in [9.17, 15) is 32.5 Å². The van der Waals surface area contributed by atoms with Crippen LogP contribution in [0.3, 0.4) is 0 Å². The second kappa shape index (κ2) is 7.51. The van der Waals surface area contributed by atoms with Gasteiger partial charge in [0.2, 0.25) is 0 Å². The lowest BCUT2D eigenvalue weighted by Crippen LogP contribution is -2.34. The molecule has 2 aromatic carbocycles. The molecule has 0 aromatic heterocycles.